The van der Waals surface area contributed by atoms with E-state index in [9.17, 15) is 0 Å². The number of halogens is 1. The highest BCUT2D eigenvalue weighted by Crippen LogP contribution is 2.22. The normalized spacial score (nSPS) is 17.1. The molecule has 27 heavy (non-hydrogen) atoms. The van der Waals surface area contributed by atoms with Crippen molar-refractivity contribution < 1.29 is 0 Å². The lowest BCUT2D eigenvalue weighted by atomic mass is 10.1. The molecular weight excluding hydrogens is 362 g/mol. The van der Waals surface area contributed by atoms with Gasteiger partial charge in [0.1, 0.15) is 11.6 Å². The summed E-state index contributed by atoms with van der Waals surface area (Å²) < 4.78 is 2.00. The summed E-state index contributed by atoms with van der Waals surface area (Å²) in [5.74, 6) is 2.73. The molecule has 2 aromatic heterocycles. The van der Waals surface area contributed by atoms with Crippen LogP contribution in [0.2, 0.25) is 5.02 Å². The molecule has 3 N–H and O–H groups in total. The first-order valence-corrected chi connectivity index (χ1v) is 9.63. The van der Waals surface area contributed by atoms with Crippen LogP contribution >= 0.6 is 11.6 Å². The molecule has 8 heteroatoms. The average molecular weight is 386 g/mol. The molecule has 0 saturated heterocycles. The molecule has 1 aromatic carbocycles. The summed E-state index contributed by atoms with van der Waals surface area (Å²) in [6.07, 6.45) is 4.90. The maximum Gasteiger partial charge on any atom is 0.191 e. The molecule has 0 amide bonds. The third-order valence-corrected chi connectivity index (χ3v) is 5.18. The van der Waals surface area contributed by atoms with Crippen LogP contribution < -0.4 is 10.6 Å². The average Bonchev–Trinajstić information content (AvgIpc) is 3.22. The first-order valence-electron chi connectivity index (χ1n) is 9.25. The number of fused-ring (bicyclic) bond motifs is 2. The Morgan fingerprint density at radius 2 is 2.33 bits per heavy atom. The van der Waals surface area contributed by atoms with E-state index >= 15 is 0 Å². The minimum Gasteiger partial charge on any atom is -0.361 e. The van der Waals surface area contributed by atoms with Crippen LogP contribution in [-0.4, -0.2) is 45.3 Å². The van der Waals surface area contributed by atoms with Crippen LogP contribution in [0.1, 0.15) is 23.6 Å². The third kappa shape index (κ3) is 3.93. The maximum atomic E-state index is 6.13. The zero-order valence-corrected chi connectivity index (χ0v) is 16.3. The molecule has 1 unspecified atom stereocenters. The number of aliphatic imine (C=N–C) groups is 1. The van der Waals surface area contributed by atoms with Crippen LogP contribution in [-0.2, 0) is 19.4 Å². The summed E-state index contributed by atoms with van der Waals surface area (Å²) in [6, 6.07) is 6.23. The number of guanidine groups is 1. The van der Waals surface area contributed by atoms with E-state index in [1.807, 2.05) is 29.8 Å². The van der Waals surface area contributed by atoms with E-state index in [1.165, 1.54) is 10.9 Å². The van der Waals surface area contributed by atoms with Crippen molar-refractivity contribution in [2.24, 2.45) is 4.99 Å². The zero-order valence-electron chi connectivity index (χ0n) is 15.6. The second kappa shape index (κ2) is 7.60. The van der Waals surface area contributed by atoms with Gasteiger partial charge in [0.2, 0.25) is 0 Å². The van der Waals surface area contributed by atoms with Crippen LogP contribution in [0, 0.1) is 6.92 Å². The minimum absolute atomic E-state index is 0.302. The number of aryl methyl sites for hydroxylation is 2. The number of aromatic amines is 1. The first kappa shape index (κ1) is 17.9. The Hall–Kier alpha value is -2.54. The second-order valence-electron chi connectivity index (χ2n) is 6.89. The Morgan fingerprint density at radius 3 is 3.19 bits per heavy atom. The number of hydrogen-bond acceptors (Lipinski definition) is 3. The molecule has 1 atom stereocenters. The summed E-state index contributed by atoms with van der Waals surface area (Å²) >= 11 is 6.13. The van der Waals surface area contributed by atoms with Gasteiger partial charge in [-0.1, -0.05) is 11.6 Å². The Kier molecular flexibility index (Phi) is 5.03. The maximum absolute atomic E-state index is 6.13. The van der Waals surface area contributed by atoms with Crippen LogP contribution in [0.3, 0.4) is 0 Å². The van der Waals surface area contributed by atoms with Crippen molar-refractivity contribution in [1.82, 2.24) is 30.4 Å². The first-order chi connectivity index (χ1) is 13.1. The van der Waals surface area contributed by atoms with Crippen molar-refractivity contribution in [3.63, 3.8) is 0 Å². The molecule has 1 aliphatic rings. The lowest BCUT2D eigenvalue weighted by Gasteiger charge is -2.25. The topological polar surface area (TPSA) is 82.9 Å². The monoisotopic (exact) mass is 385 g/mol. The highest BCUT2D eigenvalue weighted by molar-refractivity contribution is 6.31. The molecular formula is C19H24ClN7. The minimum atomic E-state index is 0.302. The fraction of sp³-hybridized carbons (Fsp3) is 0.421. The van der Waals surface area contributed by atoms with Gasteiger partial charge in [-0.05, 0) is 43.5 Å². The van der Waals surface area contributed by atoms with Crippen LogP contribution in [0.4, 0.5) is 0 Å². The smallest absolute Gasteiger partial charge is 0.191 e. The van der Waals surface area contributed by atoms with Gasteiger partial charge in [-0.25, -0.2) is 9.67 Å². The number of hydrogen-bond donors (Lipinski definition) is 3. The molecule has 0 radical (unpaired) electrons. The van der Waals surface area contributed by atoms with Crippen molar-refractivity contribution in [3.8, 4) is 0 Å². The van der Waals surface area contributed by atoms with Crippen molar-refractivity contribution in [2.45, 2.75) is 38.8 Å². The SMILES string of the molecule is CN=C(NCCc1c[nH]c2ccc(Cl)cc12)NC1CCc2nc(C)nn2C1. The molecule has 0 bridgehead atoms. The quantitative estimate of drug-likeness (QED) is 0.476. The summed E-state index contributed by atoms with van der Waals surface area (Å²) in [6.45, 7) is 3.55. The van der Waals surface area contributed by atoms with Gasteiger partial charge in [0, 0.05) is 48.2 Å². The number of nitrogens with zero attached hydrogens (tertiary/aromatic N) is 4. The fourth-order valence-electron chi connectivity index (χ4n) is 3.61. The van der Waals surface area contributed by atoms with Crippen molar-refractivity contribution in [3.05, 3.63) is 46.6 Å². The van der Waals surface area contributed by atoms with E-state index in [0.717, 1.165) is 60.5 Å². The molecule has 3 aromatic rings. The van der Waals surface area contributed by atoms with Crippen LogP contribution in [0.5, 0.6) is 0 Å². The van der Waals surface area contributed by atoms with Crippen LogP contribution in [0.15, 0.2) is 29.4 Å². The number of aromatic nitrogens is 4. The van der Waals surface area contributed by atoms with Gasteiger partial charge in [0.25, 0.3) is 0 Å². The summed E-state index contributed by atoms with van der Waals surface area (Å²) in [5, 5.41) is 13.3. The second-order valence-corrected chi connectivity index (χ2v) is 7.33. The predicted molar refractivity (Wildman–Crippen MR) is 108 cm³/mol. The number of nitrogens with one attached hydrogen (secondary N) is 3. The van der Waals surface area contributed by atoms with Gasteiger partial charge in [0.15, 0.2) is 5.96 Å². The highest BCUT2D eigenvalue weighted by Gasteiger charge is 2.21. The lowest BCUT2D eigenvalue weighted by Crippen LogP contribution is -2.47. The van der Waals surface area contributed by atoms with Gasteiger partial charge in [-0.2, -0.15) is 5.10 Å². The highest BCUT2D eigenvalue weighted by atomic mass is 35.5. The number of rotatable bonds is 4. The van der Waals surface area contributed by atoms with Crippen LogP contribution in [0.25, 0.3) is 10.9 Å². The molecule has 0 spiro atoms. The Labute approximate surface area is 163 Å². The van der Waals surface area contributed by atoms with E-state index in [2.05, 4.69) is 36.9 Å². The van der Waals surface area contributed by atoms with Crippen molar-refractivity contribution in [1.29, 1.82) is 0 Å². The Bertz CT molecular complexity index is 972. The molecule has 0 saturated carbocycles. The van der Waals surface area contributed by atoms with Gasteiger partial charge >= 0.3 is 0 Å². The van der Waals surface area contributed by atoms with Gasteiger partial charge in [0.05, 0.1) is 6.54 Å². The van der Waals surface area contributed by atoms with Gasteiger partial charge in [-0.3, -0.25) is 4.99 Å². The van der Waals surface area contributed by atoms with E-state index in [1.54, 1.807) is 7.05 Å². The number of benzene rings is 1. The molecule has 7 nitrogen and oxygen atoms in total. The third-order valence-electron chi connectivity index (χ3n) is 4.94. The lowest BCUT2D eigenvalue weighted by molar-refractivity contribution is 0.392. The summed E-state index contributed by atoms with van der Waals surface area (Å²) in [5.41, 5.74) is 2.36. The van der Waals surface area contributed by atoms with Crippen molar-refractivity contribution in [2.75, 3.05) is 13.6 Å². The standard InChI is InChI=1S/C19H24ClN7/c1-12-24-18-6-4-15(11-27(18)26-12)25-19(21-2)22-8-7-13-10-23-17-5-3-14(20)9-16(13)17/h3,5,9-10,15,23H,4,6-8,11H2,1-2H3,(H2,21,22,25). The zero-order chi connectivity index (χ0) is 18.8. The predicted octanol–water partition coefficient (Wildman–Crippen LogP) is 2.44. The molecule has 0 fully saturated rings. The summed E-state index contributed by atoms with van der Waals surface area (Å²) in [4.78, 5) is 12.1. The van der Waals surface area contributed by atoms with E-state index in [4.69, 9.17) is 11.6 Å². The molecule has 0 aliphatic carbocycles. The summed E-state index contributed by atoms with van der Waals surface area (Å²) in [7, 11) is 1.80. The molecule has 4 rings (SSSR count). The molecule has 3 heterocycles. The number of H-pyrrole nitrogens is 1. The van der Waals surface area contributed by atoms with Gasteiger partial charge in [-0.15, -0.1) is 0 Å². The van der Waals surface area contributed by atoms with E-state index in [0.29, 0.717) is 6.04 Å². The molecule has 1 aliphatic heterocycles. The van der Waals surface area contributed by atoms with E-state index in [-0.39, 0.29) is 0 Å². The van der Waals surface area contributed by atoms with E-state index < -0.39 is 0 Å². The Morgan fingerprint density at radius 1 is 1.44 bits per heavy atom. The Balaban J connectivity index is 1.32. The fourth-order valence-corrected chi connectivity index (χ4v) is 3.78. The van der Waals surface area contributed by atoms with Crippen molar-refractivity contribution >= 4 is 28.5 Å². The van der Waals surface area contributed by atoms with Gasteiger partial charge < -0.3 is 15.6 Å². The largest absolute Gasteiger partial charge is 0.361 e. The molecule has 142 valence electrons.